The van der Waals surface area contributed by atoms with Gasteiger partial charge < -0.3 is 14.2 Å². The number of hydrogen-bond acceptors (Lipinski definition) is 3. The van der Waals surface area contributed by atoms with Crippen LogP contribution in [0.5, 0.6) is 0 Å². The predicted molar refractivity (Wildman–Crippen MR) is 101 cm³/mol. The first-order chi connectivity index (χ1) is 11.8. The van der Waals surface area contributed by atoms with Crippen molar-refractivity contribution in [2.45, 2.75) is 40.7 Å². The predicted octanol–water partition coefficient (Wildman–Crippen LogP) is 3.64. The van der Waals surface area contributed by atoms with E-state index in [0.717, 1.165) is 22.5 Å². The monoisotopic (exact) mass is 343 g/mol. The minimum atomic E-state index is -0.261. The van der Waals surface area contributed by atoms with E-state index in [-0.39, 0.29) is 17.5 Å². The molecule has 0 spiro atoms. The van der Waals surface area contributed by atoms with Crippen molar-refractivity contribution in [1.82, 2.24) is 9.47 Å². The van der Waals surface area contributed by atoms with Gasteiger partial charge in [0.2, 0.25) is 0 Å². The average Bonchev–Trinajstić information content (AvgIpc) is 2.83. The van der Waals surface area contributed by atoms with Crippen LogP contribution in [0.25, 0.3) is 6.08 Å². The van der Waals surface area contributed by atoms with Gasteiger partial charge in [0, 0.05) is 31.6 Å². The van der Waals surface area contributed by atoms with Crippen LogP contribution in [0.15, 0.2) is 23.8 Å². The van der Waals surface area contributed by atoms with E-state index < -0.39 is 0 Å². The van der Waals surface area contributed by atoms with E-state index in [4.69, 9.17) is 4.74 Å². The van der Waals surface area contributed by atoms with Gasteiger partial charge >= 0.3 is 0 Å². The molecule has 0 aliphatic heterocycles. The van der Waals surface area contributed by atoms with Gasteiger partial charge in [0.1, 0.15) is 11.6 Å². The lowest BCUT2D eigenvalue weighted by atomic mass is 10.1. The molecule has 1 heterocycles. The summed E-state index contributed by atoms with van der Waals surface area (Å²) >= 11 is 0. The summed E-state index contributed by atoms with van der Waals surface area (Å²) in [5, 5.41) is 9.48. The normalized spacial score (nSPS) is 12.6. The summed E-state index contributed by atoms with van der Waals surface area (Å²) in [5.74, 6) is -0.261. The smallest absolute Gasteiger partial charge is 0.264 e. The molecule has 1 aromatic heterocycles. The fraction of sp³-hybridized carbons (Fsp3) is 0.500. The van der Waals surface area contributed by atoms with Gasteiger partial charge in [-0.05, 0) is 52.3 Å². The number of aryl methyl sites for hydroxylation is 1. The maximum absolute atomic E-state index is 12.7. The van der Waals surface area contributed by atoms with Crippen molar-refractivity contribution in [2.75, 3.05) is 26.8 Å². The summed E-state index contributed by atoms with van der Waals surface area (Å²) in [5.41, 5.74) is 4.01. The summed E-state index contributed by atoms with van der Waals surface area (Å²) in [6.45, 7) is 15.3. The van der Waals surface area contributed by atoms with Crippen LogP contribution in [-0.4, -0.2) is 42.2 Å². The molecule has 5 nitrogen and oxygen atoms in total. The van der Waals surface area contributed by atoms with Gasteiger partial charge in [-0.2, -0.15) is 5.26 Å². The molecule has 1 rings (SSSR count). The van der Waals surface area contributed by atoms with E-state index in [9.17, 15) is 10.1 Å². The van der Waals surface area contributed by atoms with Gasteiger partial charge in [-0.15, -0.1) is 0 Å². The van der Waals surface area contributed by atoms with Crippen LogP contribution in [0, 0.1) is 25.2 Å². The maximum atomic E-state index is 12.7. The van der Waals surface area contributed by atoms with Gasteiger partial charge in [0.15, 0.2) is 0 Å². The van der Waals surface area contributed by atoms with Crippen LogP contribution in [0.3, 0.4) is 0 Å². The molecule has 0 radical (unpaired) electrons. The standard InChI is InChI=1S/C20H29N3O2/c1-8-22(12-14(2)3)20(24)19(11-21)10-18-9-15(4)23(17(18)6)16(5)13-25-7/h9-10,16H,2,8,12-13H2,1,3-7H3. The molecule has 1 unspecified atom stereocenters. The van der Waals surface area contributed by atoms with Gasteiger partial charge in [0.25, 0.3) is 5.91 Å². The summed E-state index contributed by atoms with van der Waals surface area (Å²) in [4.78, 5) is 14.3. The van der Waals surface area contributed by atoms with Crippen LogP contribution in [0.1, 0.15) is 43.8 Å². The van der Waals surface area contributed by atoms with Gasteiger partial charge in [0.05, 0.1) is 12.6 Å². The van der Waals surface area contributed by atoms with E-state index in [1.165, 1.54) is 0 Å². The summed E-state index contributed by atoms with van der Waals surface area (Å²) in [6.07, 6.45) is 1.68. The molecule has 0 N–H and O–H groups in total. The third kappa shape index (κ3) is 5.07. The Morgan fingerprint density at radius 2 is 2.16 bits per heavy atom. The number of nitrogens with zero attached hydrogens (tertiary/aromatic N) is 3. The molecule has 0 saturated heterocycles. The topological polar surface area (TPSA) is 58.3 Å². The van der Waals surface area contributed by atoms with E-state index in [1.807, 2.05) is 33.8 Å². The van der Waals surface area contributed by atoms with Crippen molar-refractivity contribution in [3.8, 4) is 6.07 Å². The second-order valence-corrected chi connectivity index (χ2v) is 6.45. The first kappa shape index (κ1) is 20.7. The van der Waals surface area contributed by atoms with Gasteiger partial charge in [-0.3, -0.25) is 4.79 Å². The lowest BCUT2D eigenvalue weighted by Crippen LogP contribution is -2.33. The van der Waals surface area contributed by atoms with Crippen molar-refractivity contribution >= 4 is 12.0 Å². The lowest BCUT2D eigenvalue weighted by molar-refractivity contribution is -0.126. The van der Waals surface area contributed by atoms with Crippen molar-refractivity contribution in [3.05, 3.63) is 40.7 Å². The first-order valence-corrected chi connectivity index (χ1v) is 8.49. The molecule has 0 aliphatic carbocycles. The molecule has 5 heteroatoms. The van der Waals surface area contributed by atoms with Gasteiger partial charge in [-0.1, -0.05) is 12.2 Å². The Labute approximate surface area is 151 Å². The van der Waals surface area contributed by atoms with Crippen LogP contribution < -0.4 is 0 Å². The van der Waals surface area contributed by atoms with E-state index in [1.54, 1.807) is 18.1 Å². The van der Waals surface area contributed by atoms with E-state index in [2.05, 4.69) is 24.1 Å². The fourth-order valence-electron chi connectivity index (χ4n) is 3.06. The number of hydrogen-bond donors (Lipinski definition) is 0. The Morgan fingerprint density at radius 1 is 1.52 bits per heavy atom. The second kappa shape index (κ2) is 9.24. The molecule has 25 heavy (non-hydrogen) atoms. The Kier molecular flexibility index (Phi) is 7.66. The quantitative estimate of drug-likeness (QED) is 0.411. The van der Waals surface area contributed by atoms with E-state index >= 15 is 0 Å². The van der Waals surface area contributed by atoms with Crippen LogP contribution in [0.2, 0.25) is 0 Å². The number of amides is 1. The minimum Gasteiger partial charge on any atom is -0.383 e. The molecule has 0 bridgehead atoms. The van der Waals surface area contributed by atoms with Crippen molar-refractivity contribution in [3.63, 3.8) is 0 Å². The first-order valence-electron chi connectivity index (χ1n) is 8.49. The molecular weight excluding hydrogens is 314 g/mol. The molecule has 0 aliphatic rings. The largest absolute Gasteiger partial charge is 0.383 e. The number of methoxy groups -OCH3 is 1. The molecule has 1 amide bonds. The molecule has 0 saturated carbocycles. The minimum absolute atomic E-state index is 0.141. The fourth-order valence-corrected chi connectivity index (χ4v) is 3.06. The Bertz CT molecular complexity index is 707. The molecule has 0 aromatic carbocycles. The van der Waals surface area contributed by atoms with Gasteiger partial charge in [-0.25, -0.2) is 0 Å². The zero-order chi connectivity index (χ0) is 19.1. The molecule has 0 fully saturated rings. The third-order valence-corrected chi connectivity index (χ3v) is 4.15. The number of rotatable bonds is 8. The summed E-state index contributed by atoms with van der Waals surface area (Å²) in [6, 6.07) is 4.24. The lowest BCUT2D eigenvalue weighted by Gasteiger charge is -2.20. The maximum Gasteiger partial charge on any atom is 0.264 e. The average molecular weight is 343 g/mol. The highest BCUT2D eigenvalue weighted by Crippen LogP contribution is 2.23. The SMILES string of the molecule is C=C(C)CN(CC)C(=O)C(C#N)=Cc1cc(C)n(C(C)COC)c1C. The molecule has 136 valence electrons. The zero-order valence-corrected chi connectivity index (χ0v) is 16.2. The Morgan fingerprint density at radius 3 is 2.64 bits per heavy atom. The highest BCUT2D eigenvalue weighted by atomic mass is 16.5. The third-order valence-electron chi connectivity index (χ3n) is 4.15. The molecule has 1 atom stereocenters. The van der Waals surface area contributed by atoms with Crippen LogP contribution in [-0.2, 0) is 9.53 Å². The Hall–Kier alpha value is -2.32. The van der Waals surface area contributed by atoms with Crippen LogP contribution >= 0.6 is 0 Å². The number of carbonyl (C=O) groups is 1. The highest BCUT2D eigenvalue weighted by Gasteiger charge is 2.19. The molecular formula is C20H29N3O2. The number of ether oxygens (including phenoxy) is 1. The number of aromatic nitrogens is 1. The zero-order valence-electron chi connectivity index (χ0n) is 16.2. The number of carbonyl (C=O) groups excluding carboxylic acids is 1. The van der Waals surface area contributed by atoms with Crippen molar-refractivity contribution in [1.29, 1.82) is 5.26 Å². The second-order valence-electron chi connectivity index (χ2n) is 6.45. The molecule has 1 aromatic rings. The number of likely N-dealkylation sites (N-methyl/N-ethyl adjacent to an activating group) is 1. The summed E-state index contributed by atoms with van der Waals surface area (Å²) in [7, 11) is 1.68. The van der Waals surface area contributed by atoms with E-state index in [0.29, 0.717) is 19.7 Å². The highest BCUT2D eigenvalue weighted by molar-refractivity contribution is 6.01. The van der Waals surface area contributed by atoms with Crippen LogP contribution in [0.4, 0.5) is 0 Å². The summed E-state index contributed by atoms with van der Waals surface area (Å²) < 4.78 is 7.41. The number of nitriles is 1. The Balaban J connectivity index is 3.23. The van der Waals surface area contributed by atoms with Crippen molar-refractivity contribution in [2.24, 2.45) is 0 Å². The van der Waals surface area contributed by atoms with Crippen molar-refractivity contribution < 1.29 is 9.53 Å².